The summed E-state index contributed by atoms with van der Waals surface area (Å²) in [5.74, 6) is 5.76. The second kappa shape index (κ2) is 6.71. The van der Waals surface area contributed by atoms with E-state index in [0.29, 0.717) is 5.56 Å². The molecule has 1 rings (SSSR count). The van der Waals surface area contributed by atoms with Gasteiger partial charge in [0.25, 0.3) is 0 Å². The van der Waals surface area contributed by atoms with E-state index in [4.69, 9.17) is 5.73 Å². The Labute approximate surface area is 115 Å². The summed E-state index contributed by atoms with van der Waals surface area (Å²) in [7, 11) is -3.50. The van der Waals surface area contributed by atoms with Crippen LogP contribution in [0, 0.1) is 17.8 Å². The van der Waals surface area contributed by atoms with Gasteiger partial charge in [-0.25, -0.2) is 13.1 Å². The van der Waals surface area contributed by atoms with Crippen molar-refractivity contribution in [1.82, 2.24) is 4.72 Å². The van der Waals surface area contributed by atoms with Gasteiger partial charge in [0.15, 0.2) is 0 Å². The number of hydrogen-bond acceptors (Lipinski definition) is 3. The number of benzene rings is 1. The third kappa shape index (κ3) is 4.67. The molecular formula is C14H20N2O2S. The fourth-order valence-corrected chi connectivity index (χ4v) is 2.78. The molecule has 0 spiro atoms. The molecule has 4 nitrogen and oxygen atoms in total. The smallest absolute Gasteiger partial charge is 0.240 e. The van der Waals surface area contributed by atoms with Gasteiger partial charge in [-0.15, -0.1) is 0 Å². The normalized spacial score (nSPS) is 12.9. The van der Waals surface area contributed by atoms with Crippen molar-refractivity contribution in [3.8, 4) is 11.8 Å². The van der Waals surface area contributed by atoms with Crippen LogP contribution in [0.2, 0.25) is 0 Å². The fraction of sp³-hybridized carbons (Fsp3) is 0.429. The zero-order valence-electron chi connectivity index (χ0n) is 11.5. The van der Waals surface area contributed by atoms with Crippen LogP contribution in [-0.4, -0.2) is 21.0 Å². The Morgan fingerprint density at radius 3 is 2.58 bits per heavy atom. The summed E-state index contributed by atoms with van der Waals surface area (Å²) in [6, 6.07) is 6.42. The number of rotatable bonds is 4. The zero-order chi connectivity index (χ0) is 14.5. The Morgan fingerprint density at radius 1 is 1.32 bits per heavy atom. The van der Waals surface area contributed by atoms with E-state index in [9.17, 15) is 8.42 Å². The molecule has 0 fully saturated rings. The predicted molar refractivity (Wildman–Crippen MR) is 77.0 cm³/mol. The molecule has 1 aromatic carbocycles. The number of nitrogens with two attached hydrogens (primary N) is 1. The molecule has 19 heavy (non-hydrogen) atoms. The highest BCUT2D eigenvalue weighted by Crippen LogP contribution is 2.13. The number of nitrogens with one attached hydrogen (secondary N) is 1. The molecule has 0 amide bonds. The minimum atomic E-state index is -3.50. The molecule has 0 radical (unpaired) electrons. The summed E-state index contributed by atoms with van der Waals surface area (Å²) in [6.45, 7) is 6.03. The van der Waals surface area contributed by atoms with Crippen molar-refractivity contribution in [1.29, 1.82) is 0 Å². The minimum Gasteiger partial charge on any atom is -0.320 e. The number of hydrogen-bond donors (Lipinski definition) is 2. The van der Waals surface area contributed by atoms with Crippen molar-refractivity contribution >= 4 is 10.0 Å². The topological polar surface area (TPSA) is 72.2 Å². The van der Waals surface area contributed by atoms with E-state index in [1.54, 1.807) is 24.3 Å². The molecule has 0 saturated heterocycles. The van der Waals surface area contributed by atoms with Crippen molar-refractivity contribution in [2.45, 2.75) is 31.7 Å². The van der Waals surface area contributed by atoms with Gasteiger partial charge in [0.05, 0.1) is 11.4 Å². The van der Waals surface area contributed by atoms with E-state index in [-0.39, 0.29) is 23.4 Å². The average Bonchev–Trinajstić information content (AvgIpc) is 2.36. The van der Waals surface area contributed by atoms with Gasteiger partial charge in [-0.1, -0.05) is 31.8 Å². The molecule has 0 aromatic heterocycles. The molecule has 5 heteroatoms. The van der Waals surface area contributed by atoms with Crippen LogP contribution in [0.1, 0.15) is 26.3 Å². The van der Waals surface area contributed by atoms with Crippen LogP contribution in [0.25, 0.3) is 0 Å². The first-order valence-electron chi connectivity index (χ1n) is 6.18. The predicted octanol–water partition coefficient (Wildman–Crippen LogP) is 1.32. The monoisotopic (exact) mass is 280 g/mol. The molecule has 0 aliphatic heterocycles. The Balaban J connectivity index is 3.02. The SMILES string of the molecule is CC(C)C(C)NS(=O)(=O)c1cccc(C#CCN)c1. The lowest BCUT2D eigenvalue weighted by Crippen LogP contribution is -2.36. The van der Waals surface area contributed by atoms with Crippen LogP contribution in [-0.2, 0) is 10.0 Å². The molecule has 104 valence electrons. The lowest BCUT2D eigenvalue weighted by Gasteiger charge is -2.17. The summed E-state index contributed by atoms with van der Waals surface area (Å²) < 4.78 is 27.0. The van der Waals surface area contributed by atoms with Crippen molar-refractivity contribution in [3.63, 3.8) is 0 Å². The van der Waals surface area contributed by atoms with Gasteiger partial charge in [0.1, 0.15) is 0 Å². The maximum absolute atomic E-state index is 12.2. The number of sulfonamides is 1. The molecule has 1 atom stereocenters. The van der Waals surface area contributed by atoms with Gasteiger partial charge in [-0.3, -0.25) is 0 Å². The van der Waals surface area contributed by atoms with Crippen molar-refractivity contribution in [2.24, 2.45) is 11.7 Å². The molecule has 1 unspecified atom stereocenters. The highest BCUT2D eigenvalue weighted by molar-refractivity contribution is 7.89. The summed E-state index contributed by atoms with van der Waals surface area (Å²) in [5, 5.41) is 0. The summed E-state index contributed by atoms with van der Waals surface area (Å²) in [5.41, 5.74) is 5.94. The fourth-order valence-electron chi connectivity index (χ4n) is 1.34. The van der Waals surface area contributed by atoms with Crippen LogP contribution < -0.4 is 10.5 Å². The Kier molecular flexibility index (Phi) is 5.55. The van der Waals surface area contributed by atoms with E-state index in [1.807, 2.05) is 20.8 Å². The molecule has 0 saturated carbocycles. The van der Waals surface area contributed by atoms with Crippen molar-refractivity contribution < 1.29 is 8.42 Å². The first-order chi connectivity index (χ1) is 8.86. The molecule has 3 N–H and O–H groups in total. The Morgan fingerprint density at radius 2 is 2.00 bits per heavy atom. The van der Waals surface area contributed by atoms with Gasteiger partial charge in [-0.2, -0.15) is 0 Å². The largest absolute Gasteiger partial charge is 0.320 e. The molecule has 0 bridgehead atoms. The third-order valence-electron chi connectivity index (χ3n) is 2.82. The lowest BCUT2D eigenvalue weighted by molar-refractivity contribution is 0.476. The van der Waals surface area contributed by atoms with E-state index >= 15 is 0 Å². The molecule has 0 aliphatic rings. The van der Waals surface area contributed by atoms with Gasteiger partial charge in [0.2, 0.25) is 10.0 Å². The second-order valence-electron chi connectivity index (χ2n) is 4.69. The molecule has 1 aromatic rings. The third-order valence-corrected chi connectivity index (χ3v) is 4.38. The van der Waals surface area contributed by atoms with E-state index in [1.165, 1.54) is 0 Å². The van der Waals surface area contributed by atoms with E-state index in [0.717, 1.165) is 0 Å². The maximum Gasteiger partial charge on any atom is 0.240 e. The standard InChI is InChI=1S/C14H20N2O2S/c1-11(2)12(3)16-19(17,18)14-8-4-6-13(10-14)7-5-9-15/h4,6,8,10-12,16H,9,15H2,1-3H3. The Bertz CT molecular complexity index is 583. The molecular weight excluding hydrogens is 260 g/mol. The van der Waals surface area contributed by atoms with Crippen molar-refractivity contribution in [2.75, 3.05) is 6.54 Å². The second-order valence-corrected chi connectivity index (χ2v) is 6.40. The quantitative estimate of drug-likeness (QED) is 0.817. The molecule has 0 aliphatic carbocycles. The van der Waals surface area contributed by atoms with E-state index < -0.39 is 10.0 Å². The highest BCUT2D eigenvalue weighted by Gasteiger charge is 2.19. The maximum atomic E-state index is 12.2. The first-order valence-corrected chi connectivity index (χ1v) is 7.66. The van der Waals surface area contributed by atoms with Gasteiger partial charge in [0, 0.05) is 11.6 Å². The van der Waals surface area contributed by atoms with Crippen LogP contribution in [0.4, 0.5) is 0 Å². The van der Waals surface area contributed by atoms with Crippen LogP contribution in [0.15, 0.2) is 29.2 Å². The minimum absolute atomic E-state index is 0.121. The van der Waals surface area contributed by atoms with Gasteiger partial charge >= 0.3 is 0 Å². The summed E-state index contributed by atoms with van der Waals surface area (Å²) in [6.07, 6.45) is 0. The van der Waals surface area contributed by atoms with Crippen LogP contribution in [0.5, 0.6) is 0 Å². The van der Waals surface area contributed by atoms with Crippen molar-refractivity contribution in [3.05, 3.63) is 29.8 Å². The van der Waals surface area contributed by atoms with Gasteiger partial charge < -0.3 is 5.73 Å². The Hall–Kier alpha value is -1.35. The van der Waals surface area contributed by atoms with Crippen LogP contribution >= 0.6 is 0 Å². The van der Waals surface area contributed by atoms with E-state index in [2.05, 4.69) is 16.6 Å². The van der Waals surface area contributed by atoms with Crippen LogP contribution in [0.3, 0.4) is 0 Å². The lowest BCUT2D eigenvalue weighted by atomic mass is 10.1. The summed E-state index contributed by atoms with van der Waals surface area (Å²) in [4.78, 5) is 0.226. The average molecular weight is 280 g/mol. The summed E-state index contributed by atoms with van der Waals surface area (Å²) >= 11 is 0. The highest BCUT2D eigenvalue weighted by atomic mass is 32.2. The molecule has 0 heterocycles. The van der Waals surface area contributed by atoms with Gasteiger partial charge in [-0.05, 0) is 31.0 Å². The first kappa shape index (κ1) is 15.7. The zero-order valence-corrected chi connectivity index (χ0v) is 12.3.